The van der Waals surface area contributed by atoms with Crippen LogP contribution in [0.25, 0.3) is 10.8 Å². The Morgan fingerprint density at radius 1 is 1.09 bits per heavy atom. The summed E-state index contributed by atoms with van der Waals surface area (Å²) in [4.78, 5) is 43.6. The summed E-state index contributed by atoms with van der Waals surface area (Å²) in [6, 6.07) is 6.39. The molecule has 1 aromatic heterocycles. The zero-order chi connectivity index (χ0) is 24.1. The minimum Gasteiger partial charge on any atom is -0.480 e. The van der Waals surface area contributed by atoms with Gasteiger partial charge in [0.2, 0.25) is 11.8 Å². The van der Waals surface area contributed by atoms with Crippen LogP contribution in [0.1, 0.15) is 56.7 Å². The molecule has 0 radical (unpaired) electrons. The number of carboxylic acid groups (broad SMARTS) is 1. The van der Waals surface area contributed by atoms with Crippen LogP contribution < -0.4 is 16.4 Å². The first-order valence-corrected chi connectivity index (χ1v) is 12.1. The fourth-order valence-electron chi connectivity index (χ4n) is 5.23. The first-order valence-electron chi connectivity index (χ1n) is 12.1. The Morgan fingerprint density at radius 3 is 2.65 bits per heavy atom. The lowest BCUT2D eigenvalue weighted by atomic mass is 9.83. The first kappa shape index (κ1) is 24.1. The molecule has 2 heterocycles. The standard InChI is InChI=1S/C25H33N5O4/c26-23(18-8-9-19-14-27-11-10-17(19)13-18)29-24(33)20-7-4-12-30(20)25(34)22(28-15-21(31)32)16-5-2-1-3-6-16/h8-11,13-14,16,20,22-23,28H,1-7,12,15,26H2,(H,29,33)(H,31,32). The van der Waals surface area contributed by atoms with Gasteiger partial charge in [0.25, 0.3) is 0 Å². The molecule has 0 bridgehead atoms. The molecule has 2 amide bonds. The van der Waals surface area contributed by atoms with Crippen molar-refractivity contribution in [2.24, 2.45) is 11.7 Å². The minimum atomic E-state index is -0.999. The number of aliphatic carboxylic acids is 1. The summed E-state index contributed by atoms with van der Waals surface area (Å²) in [6.45, 7) is 0.201. The molecule has 0 spiro atoms. The zero-order valence-corrected chi connectivity index (χ0v) is 19.3. The van der Waals surface area contributed by atoms with Crippen LogP contribution in [-0.4, -0.2) is 57.9 Å². The number of nitrogens with zero attached hydrogens (tertiary/aromatic N) is 2. The van der Waals surface area contributed by atoms with E-state index < -0.39 is 24.2 Å². The lowest BCUT2D eigenvalue weighted by Crippen LogP contribution is -2.56. The van der Waals surface area contributed by atoms with E-state index in [9.17, 15) is 14.4 Å². The SMILES string of the molecule is NC(NC(=O)C1CCCN1C(=O)C(NCC(=O)O)C1CCCCC1)c1ccc2cnccc2c1. The summed E-state index contributed by atoms with van der Waals surface area (Å²) in [5, 5.41) is 16.9. The molecule has 2 aromatic rings. The van der Waals surface area contributed by atoms with Gasteiger partial charge in [0.1, 0.15) is 12.2 Å². The average molecular weight is 468 g/mol. The molecule has 5 N–H and O–H groups in total. The van der Waals surface area contributed by atoms with Crippen LogP contribution in [0.15, 0.2) is 36.7 Å². The normalized spacial score (nSPS) is 20.7. The van der Waals surface area contributed by atoms with E-state index in [2.05, 4.69) is 15.6 Å². The summed E-state index contributed by atoms with van der Waals surface area (Å²) < 4.78 is 0. The number of carbonyl (C=O) groups excluding carboxylic acids is 2. The number of nitrogens with one attached hydrogen (secondary N) is 2. The van der Waals surface area contributed by atoms with Crippen LogP contribution in [0, 0.1) is 5.92 Å². The van der Waals surface area contributed by atoms with E-state index in [1.54, 1.807) is 17.3 Å². The quantitative estimate of drug-likeness (QED) is 0.435. The summed E-state index contributed by atoms with van der Waals surface area (Å²) in [6.07, 6.45) is 9.02. The predicted octanol–water partition coefficient (Wildman–Crippen LogP) is 1.92. The Morgan fingerprint density at radius 2 is 1.88 bits per heavy atom. The predicted molar refractivity (Wildman–Crippen MR) is 128 cm³/mol. The third kappa shape index (κ3) is 5.53. The maximum atomic E-state index is 13.5. The minimum absolute atomic E-state index is 0.0826. The molecule has 1 aliphatic heterocycles. The second-order valence-corrected chi connectivity index (χ2v) is 9.31. The van der Waals surface area contributed by atoms with Crippen molar-refractivity contribution in [3.63, 3.8) is 0 Å². The molecule has 3 atom stereocenters. The number of hydrogen-bond donors (Lipinski definition) is 4. The molecule has 4 rings (SSSR count). The van der Waals surface area contributed by atoms with Gasteiger partial charge < -0.3 is 21.1 Å². The van der Waals surface area contributed by atoms with Crippen LogP contribution in [0.2, 0.25) is 0 Å². The van der Waals surface area contributed by atoms with Gasteiger partial charge in [0.05, 0.1) is 12.6 Å². The number of benzene rings is 1. The van der Waals surface area contributed by atoms with Crippen molar-refractivity contribution in [2.45, 2.75) is 63.2 Å². The van der Waals surface area contributed by atoms with E-state index in [1.807, 2.05) is 24.3 Å². The number of pyridine rings is 1. The van der Waals surface area contributed by atoms with Gasteiger partial charge in [-0.2, -0.15) is 0 Å². The van der Waals surface area contributed by atoms with Crippen molar-refractivity contribution in [1.82, 2.24) is 20.5 Å². The molecule has 2 aliphatic rings. The highest BCUT2D eigenvalue weighted by Gasteiger charge is 2.40. The Labute approximate surface area is 199 Å². The average Bonchev–Trinajstić information content (AvgIpc) is 3.34. The van der Waals surface area contributed by atoms with E-state index in [1.165, 1.54) is 0 Å². The summed E-state index contributed by atoms with van der Waals surface area (Å²) in [5.74, 6) is -1.38. The lowest BCUT2D eigenvalue weighted by molar-refractivity contribution is -0.142. The summed E-state index contributed by atoms with van der Waals surface area (Å²) in [5.41, 5.74) is 7.07. The first-order chi connectivity index (χ1) is 16.4. The number of aromatic nitrogens is 1. The van der Waals surface area contributed by atoms with Crippen LogP contribution >= 0.6 is 0 Å². The van der Waals surface area contributed by atoms with Gasteiger partial charge in [-0.05, 0) is 54.7 Å². The summed E-state index contributed by atoms with van der Waals surface area (Å²) in [7, 11) is 0. The Kier molecular flexibility index (Phi) is 7.74. The van der Waals surface area contributed by atoms with Crippen LogP contribution in [-0.2, 0) is 14.4 Å². The number of carbonyl (C=O) groups is 3. The Hall–Kier alpha value is -3.04. The van der Waals surface area contributed by atoms with Gasteiger partial charge in [0, 0.05) is 24.3 Å². The van der Waals surface area contributed by atoms with Crippen molar-refractivity contribution in [3.8, 4) is 0 Å². The molecule has 2 fully saturated rings. The van der Waals surface area contributed by atoms with Gasteiger partial charge >= 0.3 is 5.97 Å². The van der Waals surface area contributed by atoms with Crippen LogP contribution in [0.4, 0.5) is 0 Å². The van der Waals surface area contributed by atoms with E-state index in [4.69, 9.17) is 10.8 Å². The number of hydrogen-bond acceptors (Lipinski definition) is 6. The monoisotopic (exact) mass is 467 g/mol. The molecule has 1 aromatic carbocycles. The highest BCUT2D eigenvalue weighted by molar-refractivity contribution is 5.91. The van der Waals surface area contributed by atoms with Crippen molar-refractivity contribution < 1.29 is 19.5 Å². The molecule has 3 unspecified atom stereocenters. The number of nitrogens with two attached hydrogens (primary N) is 1. The maximum Gasteiger partial charge on any atom is 0.317 e. The number of amides is 2. The van der Waals surface area contributed by atoms with Crippen molar-refractivity contribution >= 4 is 28.6 Å². The number of likely N-dealkylation sites (tertiary alicyclic amines) is 1. The van der Waals surface area contributed by atoms with E-state index in [0.29, 0.717) is 13.0 Å². The largest absolute Gasteiger partial charge is 0.480 e. The molecule has 1 saturated carbocycles. The van der Waals surface area contributed by atoms with E-state index in [-0.39, 0.29) is 24.3 Å². The van der Waals surface area contributed by atoms with Crippen molar-refractivity contribution in [1.29, 1.82) is 0 Å². The third-order valence-electron chi connectivity index (χ3n) is 7.02. The summed E-state index contributed by atoms with van der Waals surface area (Å²) >= 11 is 0. The highest BCUT2D eigenvalue weighted by atomic mass is 16.4. The zero-order valence-electron chi connectivity index (χ0n) is 19.3. The number of carboxylic acids is 1. The van der Waals surface area contributed by atoms with Gasteiger partial charge in [-0.3, -0.25) is 24.7 Å². The molecular weight excluding hydrogens is 434 g/mol. The fourth-order valence-corrected chi connectivity index (χ4v) is 5.23. The van der Waals surface area contributed by atoms with Crippen molar-refractivity contribution in [2.75, 3.05) is 13.1 Å². The van der Waals surface area contributed by atoms with E-state index in [0.717, 1.165) is 54.9 Å². The molecule has 34 heavy (non-hydrogen) atoms. The van der Waals surface area contributed by atoms with Crippen LogP contribution in [0.5, 0.6) is 0 Å². The fraction of sp³-hybridized carbons (Fsp3) is 0.520. The third-order valence-corrected chi connectivity index (χ3v) is 7.02. The van der Waals surface area contributed by atoms with Gasteiger partial charge in [-0.15, -0.1) is 0 Å². The van der Waals surface area contributed by atoms with Gasteiger partial charge in [0.15, 0.2) is 0 Å². The lowest BCUT2D eigenvalue weighted by Gasteiger charge is -2.34. The second kappa shape index (κ2) is 10.9. The topological polar surface area (TPSA) is 138 Å². The second-order valence-electron chi connectivity index (χ2n) is 9.31. The molecule has 1 saturated heterocycles. The van der Waals surface area contributed by atoms with Crippen molar-refractivity contribution in [3.05, 3.63) is 42.2 Å². The Balaban J connectivity index is 1.45. The highest BCUT2D eigenvalue weighted by Crippen LogP contribution is 2.29. The van der Waals surface area contributed by atoms with E-state index >= 15 is 0 Å². The molecule has 1 aliphatic carbocycles. The molecule has 182 valence electrons. The molecular formula is C25H33N5O4. The maximum absolute atomic E-state index is 13.5. The smallest absolute Gasteiger partial charge is 0.317 e. The van der Waals surface area contributed by atoms with Gasteiger partial charge in [-0.1, -0.05) is 31.4 Å². The number of fused-ring (bicyclic) bond motifs is 1. The molecule has 9 nitrogen and oxygen atoms in total. The van der Waals surface area contributed by atoms with Crippen LogP contribution in [0.3, 0.4) is 0 Å². The Bertz CT molecular complexity index is 1040. The van der Waals surface area contributed by atoms with Gasteiger partial charge in [-0.25, -0.2) is 0 Å². The molecule has 9 heteroatoms. The number of rotatable bonds is 8.